The maximum Gasteiger partial charge on any atom is 0.314 e. The lowest BCUT2D eigenvalue weighted by Crippen LogP contribution is -2.45. The van der Waals surface area contributed by atoms with Crippen LogP contribution in [0.15, 0.2) is 60.7 Å². The highest BCUT2D eigenvalue weighted by Crippen LogP contribution is 2.36. The Morgan fingerprint density at radius 1 is 1.13 bits per heavy atom. The van der Waals surface area contributed by atoms with Gasteiger partial charge in [0.2, 0.25) is 0 Å². The molecule has 1 aliphatic heterocycles. The van der Waals surface area contributed by atoms with Crippen LogP contribution in [0.3, 0.4) is 0 Å². The molecule has 1 aliphatic rings. The summed E-state index contributed by atoms with van der Waals surface area (Å²) in [6.07, 6.45) is -0.953. The number of aliphatic carboxylic acids is 1. The van der Waals surface area contributed by atoms with Crippen LogP contribution in [-0.2, 0) is 25.7 Å². The van der Waals surface area contributed by atoms with E-state index in [9.17, 15) is 14.7 Å². The van der Waals surface area contributed by atoms with Crippen molar-refractivity contribution in [1.82, 2.24) is 5.06 Å². The molecule has 0 spiro atoms. The minimum absolute atomic E-state index is 0.149. The van der Waals surface area contributed by atoms with E-state index in [1.54, 1.807) is 25.8 Å². The molecule has 2 aromatic rings. The maximum absolute atomic E-state index is 13.2. The number of carbonyl (C=O) groups is 2. The smallest absolute Gasteiger partial charge is 0.314 e. The third-order valence-corrected chi connectivity index (χ3v) is 5.19. The summed E-state index contributed by atoms with van der Waals surface area (Å²) in [5.41, 5.74) is 7.46. The molecule has 3 unspecified atom stereocenters. The Balaban J connectivity index is 1.91. The molecule has 0 aromatic heterocycles. The quantitative estimate of drug-likeness (QED) is 0.656. The summed E-state index contributed by atoms with van der Waals surface area (Å²) in [6.45, 7) is 5.85. The third kappa shape index (κ3) is 5.91. The lowest BCUT2D eigenvalue weighted by Gasteiger charge is -2.32. The van der Waals surface area contributed by atoms with Crippen LogP contribution in [0.1, 0.15) is 37.9 Å². The van der Waals surface area contributed by atoms with Crippen LogP contribution in [0.4, 0.5) is 0 Å². The molecule has 0 amide bonds. The molecule has 2 aromatic carbocycles. The molecule has 0 radical (unpaired) electrons. The zero-order valence-corrected chi connectivity index (χ0v) is 18.1. The van der Waals surface area contributed by atoms with Gasteiger partial charge < -0.3 is 15.6 Å². The van der Waals surface area contributed by atoms with E-state index < -0.39 is 41.5 Å². The van der Waals surface area contributed by atoms with Gasteiger partial charge in [0.1, 0.15) is 23.5 Å². The second-order valence-electron chi connectivity index (χ2n) is 8.82. The lowest BCUT2D eigenvalue weighted by molar-refractivity contribution is -0.192. The van der Waals surface area contributed by atoms with Crippen LogP contribution >= 0.6 is 0 Å². The number of hydrogen-bond acceptors (Lipinski definition) is 6. The first kappa shape index (κ1) is 22.9. The minimum atomic E-state index is -1.03. The van der Waals surface area contributed by atoms with E-state index in [-0.39, 0.29) is 6.54 Å². The van der Waals surface area contributed by atoms with Crippen LogP contribution in [0.5, 0.6) is 0 Å². The Hall–Kier alpha value is -2.74. The Kier molecular flexibility index (Phi) is 7.10. The fourth-order valence-corrected chi connectivity index (χ4v) is 3.77. The highest BCUT2D eigenvalue weighted by molar-refractivity contribution is 5.78. The summed E-state index contributed by atoms with van der Waals surface area (Å²) in [4.78, 5) is 31.3. The first-order valence-electron chi connectivity index (χ1n) is 10.4. The zero-order chi connectivity index (χ0) is 22.6. The van der Waals surface area contributed by atoms with Gasteiger partial charge in [0.15, 0.2) is 0 Å². The lowest BCUT2D eigenvalue weighted by atomic mass is 9.83. The number of carbonyl (C=O) groups excluding carboxylic acids is 1. The van der Waals surface area contributed by atoms with Gasteiger partial charge in [0.05, 0.1) is 0 Å². The Bertz CT molecular complexity index is 882. The average Bonchev–Trinajstić information content (AvgIpc) is 3.11. The molecule has 0 aliphatic carbocycles. The average molecular weight is 427 g/mol. The van der Waals surface area contributed by atoms with E-state index in [4.69, 9.17) is 15.3 Å². The van der Waals surface area contributed by atoms with Crippen molar-refractivity contribution in [3.05, 3.63) is 71.8 Å². The number of hydrogen-bond donors (Lipinski definition) is 2. The normalized spacial score (nSPS) is 21.4. The summed E-state index contributed by atoms with van der Waals surface area (Å²) in [7, 11) is 0. The van der Waals surface area contributed by atoms with Crippen molar-refractivity contribution in [3.63, 3.8) is 0 Å². The fraction of sp³-hybridized carbons (Fsp3) is 0.417. The van der Waals surface area contributed by atoms with Crippen LogP contribution in [0, 0.1) is 11.8 Å². The van der Waals surface area contributed by atoms with E-state index >= 15 is 0 Å². The van der Waals surface area contributed by atoms with Crippen LogP contribution < -0.4 is 5.73 Å². The molecule has 1 saturated heterocycles. The molecule has 31 heavy (non-hydrogen) atoms. The Morgan fingerprint density at radius 2 is 1.71 bits per heavy atom. The van der Waals surface area contributed by atoms with Crippen molar-refractivity contribution < 1.29 is 24.3 Å². The number of carboxylic acids is 1. The van der Waals surface area contributed by atoms with E-state index in [0.717, 1.165) is 5.56 Å². The molecule has 7 heteroatoms. The summed E-state index contributed by atoms with van der Waals surface area (Å²) < 4.78 is 5.63. The molecular formula is C24H30N2O5. The number of carboxylic acid groups (broad SMARTS) is 1. The van der Waals surface area contributed by atoms with E-state index in [0.29, 0.717) is 12.1 Å². The molecule has 3 N–H and O–H groups in total. The minimum Gasteiger partial charge on any atom is -0.481 e. The fourth-order valence-electron chi connectivity index (χ4n) is 3.77. The number of hydroxylamine groups is 2. The molecule has 0 bridgehead atoms. The maximum atomic E-state index is 13.2. The summed E-state index contributed by atoms with van der Waals surface area (Å²) in [5.74, 6) is -3.50. The molecule has 1 fully saturated rings. The predicted molar refractivity (Wildman–Crippen MR) is 116 cm³/mol. The first-order valence-corrected chi connectivity index (χ1v) is 10.4. The van der Waals surface area contributed by atoms with Gasteiger partial charge in [0.25, 0.3) is 0 Å². The number of esters is 1. The van der Waals surface area contributed by atoms with Gasteiger partial charge in [-0.25, -0.2) is 0 Å². The molecule has 3 rings (SSSR count). The van der Waals surface area contributed by atoms with Crippen molar-refractivity contribution in [3.8, 4) is 0 Å². The van der Waals surface area contributed by atoms with E-state index in [1.165, 1.54) is 0 Å². The second-order valence-corrected chi connectivity index (χ2v) is 8.82. The Labute approximate surface area is 182 Å². The summed E-state index contributed by atoms with van der Waals surface area (Å²) in [6, 6.07) is 18.0. The number of ether oxygens (including phenoxy) is 1. The van der Waals surface area contributed by atoms with Gasteiger partial charge in [-0.1, -0.05) is 60.7 Å². The highest BCUT2D eigenvalue weighted by Gasteiger charge is 2.49. The van der Waals surface area contributed by atoms with Gasteiger partial charge in [-0.2, -0.15) is 5.06 Å². The van der Waals surface area contributed by atoms with E-state index in [2.05, 4.69) is 0 Å². The predicted octanol–water partition coefficient (Wildman–Crippen LogP) is 3.16. The van der Waals surface area contributed by atoms with Gasteiger partial charge in [0, 0.05) is 19.1 Å². The molecule has 7 nitrogen and oxygen atoms in total. The van der Waals surface area contributed by atoms with Gasteiger partial charge >= 0.3 is 11.9 Å². The molecular weight excluding hydrogens is 396 g/mol. The summed E-state index contributed by atoms with van der Waals surface area (Å²) in [5, 5.41) is 11.5. The molecule has 166 valence electrons. The number of benzene rings is 2. The second kappa shape index (κ2) is 9.60. The van der Waals surface area contributed by atoms with Crippen LogP contribution in [-0.4, -0.2) is 40.4 Å². The highest BCUT2D eigenvalue weighted by atomic mass is 16.7. The summed E-state index contributed by atoms with van der Waals surface area (Å²) >= 11 is 0. The number of nitrogens with zero attached hydrogens (tertiary/aromatic N) is 1. The van der Waals surface area contributed by atoms with Crippen molar-refractivity contribution in [2.45, 2.75) is 45.1 Å². The standard InChI is InChI=1S/C24H30N2O5/c1-24(2,3)30-23(29)19(20(25)17-12-8-5-9-13-17)21-18(22(27)28)15-26(31-21)14-16-10-6-4-7-11-16/h4-13,18-21H,14-15,25H2,1-3H3,(H,27,28)/t18?,19?,20-,21?/m1/s1. The molecule has 0 saturated carbocycles. The number of rotatable bonds is 7. The first-order chi connectivity index (χ1) is 14.7. The topological polar surface area (TPSA) is 102 Å². The number of nitrogens with two attached hydrogens (primary N) is 1. The van der Waals surface area contributed by atoms with Crippen molar-refractivity contribution in [2.75, 3.05) is 6.54 Å². The Morgan fingerprint density at radius 3 is 2.26 bits per heavy atom. The SMILES string of the molecule is CC(C)(C)OC(=O)C(C1ON(Cc2ccccc2)CC1C(=O)O)[C@H](N)c1ccccc1. The van der Waals surface area contributed by atoms with Crippen LogP contribution in [0.25, 0.3) is 0 Å². The van der Waals surface area contributed by atoms with Crippen LogP contribution in [0.2, 0.25) is 0 Å². The largest absolute Gasteiger partial charge is 0.481 e. The third-order valence-electron chi connectivity index (χ3n) is 5.19. The van der Waals surface area contributed by atoms with Gasteiger partial charge in [-0.05, 0) is 31.9 Å². The van der Waals surface area contributed by atoms with Crippen molar-refractivity contribution in [2.24, 2.45) is 17.6 Å². The molecule has 1 heterocycles. The zero-order valence-electron chi connectivity index (χ0n) is 18.1. The van der Waals surface area contributed by atoms with Gasteiger partial charge in [-0.15, -0.1) is 0 Å². The molecule has 4 atom stereocenters. The van der Waals surface area contributed by atoms with Crippen molar-refractivity contribution in [1.29, 1.82) is 0 Å². The van der Waals surface area contributed by atoms with Gasteiger partial charge in [-0.3, -0.25) is 14.4 Å². The monoisotopic (exact) mass is 426 g/mol. The van der Waals surface area contributed by atoms with E-state index in [1.807, 2.05) is 60.7 Å². The van der Waals surface area contributed by atoms with Crippen molar-refractivity contribution >= 4 is 11.9 Å².